The summed E-state index contributed by atoms with van der Waals surface area (Å²) in [5.74, 6) is -0.177. The molecule has 1 amide bonds. The van der Waals surface area contributed by atoms with Gasteiger partial charge in [-0.3, -0.25) is 4.79 Å². The lowest BCUT2D eigenvalue weighted by molar-refractivity contribution is -0.121. The summed E-state index contributed by atoms with van der Waals surface area (Å²) in [5, 5.41) is 4.91. The molecule has 8 heteroatoms. The molecule has 2 N–H and O–H groups in total. The Hall–Kier alpha value is -1.74. The molecular weight excluding hydrogens is 394 g/mol. The summed E-state index contributed by atoms with van der Waals surface area (Å²) in [6, 6.07) is 7.82. The number of carbonyl (C=O) groups excluding carboxylic acids is 1. The number of amides is 1. The maximum atomic E-state index is 12.6. The van der Waals surface area contributed by atoms with Gasteiger partial charge in [0.2, 0.25) is 15.9 Å². The number of aryl methyl sites for hydroxylation is 3. The molecule has 154 valence electrons. The van der Waals surface area contributed by atoms with E-state index in [-0.39, 0.29) is 24.9 Å². The second-order valence-corrected chi connectivity index (χ2v) is 9.86. The van der Waals surface area contributed by atoms with E-state index in [1.807, 2.05) is 50.7 Å². The van der Waals surface area contributed by atoms with Crippen molar-refractivity contribution in [1.82, 2.24) is 14.9 Å². The fourth-order valence-corrected chi connectivity index (χ4v) is 5.68. The van der Waals surface area contributed by atoms with Crippen molar-refractivity contribution in [1.29, 1.82) is 0 Å². The normalized spacial score (nSPS) is 12.9. The molecule has 1 heterocycles. The van der Waals surface area contributed by atoms with E-state index in [0.29, 0.717) is 22.6 Å². The first-order valence-electron chi connectivity index (χ1n) is 9.16. The Balaban J connectivity index is 1.89. The zero-order valence-electron chi connectivity index (χ0n) is 17.1. The molecule has 1 aromatic heterocycles. The maximum absolute atomic E-state index is 12.6. The number of thiophene rings is 1. The first-order valence-corrected chi connectivity index (χ1v) is 11.5. The number of sulfonamides is 1. The van der Waals surface area contributed by atoms with Crippen molar-refractivity contribution in [3.63, 3.8) is 0 Å². The lowest BCUT2D eigenvalue weighted by atomic mass is 10.1. The highest BCUT2D eigenvalue weighted by Gasteiger charge is 2.20. The molecule has 28 heavy (non-hydrogen) atoms. The van der Waals surface area contributed by atoms with Gasteiger partial charge in [0.25, 0.3) is 0 Å². The summed E-state index contributed by atoms with van der Waals surface area (Å²) < 4.78 is 27.8. The highest BCUT2D eigenvalue weighted by atomic mass is 32.2. The van der Waals surface area contributed by atoms with E-state index in [9.17, 15) is 13.2 Å². The minimum absolute atomic E-state index is 0.0621. The fraction of sp³-hybridized carbons (Fsp3) is 0.450. The molecule has 0 bridgehead atoms. The topological polar surface area (TPSA) is 78.5 Å². The molecule has 1 aromatic carbocycles. The van der Waals surface area contributed by atoms with Crippen LogP contribution in [-0.2, 0) is 14.8 Å². The van der Waals surface area contributed by atoms with Crippen LogP contribution in [0, 0.1) is 20.8 Å². The molecule has 0 fully saturated rings. The van der Waals surface area contributed by atoms with Crippen LogP contribution in [0.2, 0.25) is 0 Å². The summed E-state index contributed by atoms with van der Waals surface area (Å²) in [6.45, 7) is 6.05. The van der Waals surface area contributed by atoms with E-state index in [4.69, 9.17) is 0 Å². The van der Waals surface area contributed by atoms with Crippen LogP contribution in [0.1, 0.15) is 34.0 Å². The van der Waals surface area contributed by atoms with Crippen molar-refractivity contribution in [2.45, 2.75) is 38.1 Å². The molecular formula is C20H29N3O3S2. The predicted molar refractivity (Wildman–Crippen MR) is 114 cm³/mol. The van der Waals surface area contributed by atoms with Crippen LogP contribution in [0.15, 0.2) is 34.5 Å². The van der Waals surface area contributed by atoms with E-state index in [1.165, 1.54) is 4.88 Å². The maximum Gasteiger partial charge on any atom is 0.241 e. The Morgan fingerprint density at radius 2 is 1.82 bits per heavy atom. The fourth-order valence-electron chi connectivity index (χ4n) is 3.28. The second-order valence-electron chi connectivity index (χ2n) is 7.17. The number of hydrogen-bond acceptors (Lipinski definition) is 5. The van der Waals surface area contributed by atoms with Crippen LogP contribution in [0.5, 0.6) is 0 Å². The lowest BCUT2D eigenvalue weighted by Crippen LogP contribution is -2.36. The molecule has 2 aromatic rings. The van der Waals surface area contributed by atoms with Crippen LogP contribution in [0.4, 0.5) is 0 Å². The summed E-state index contributed by atoms with van der Waals surface area (Å²) in [5.41, 5.74) is 2.44. The zero-order chi connectivity index (χ0) is 20.9. The Morgan fingerprint density at radius 1 is 1.18 bits per heavy atom. The SMILES string of the molecule is Cc1cc(C)c(S(=O)(=O)NCCC(=O)NCC(c2cccs2)N(C)C)c(C)c1. The first kappa shape index (κ1) is 22.5. The lowest BCUT2D eigenvalue weighted by Gasteiger charge is -2.23. The quantitative estimate of drug-likeness (QED) is 0.650. The van der Waals surface area contributed by atoms with Gasteiger partial charge in [-0.25, -0.2) is 13.1 Å². The number of carbonyl (C=O) groups is 1. The van der Waals surface area contributed by atoms with Crippen molar-refractivity contribution in [3.05, 3.63) is 51.2 Å². The van der Waals surface area contributed by atoms with Crippen molar-refractivity contribution in [2.75, 3.05) is 27.2 Å². The summed E-state index contributed by atoms with van der Waals surface area (Å²) in [4.78, 5) is 15.7. The van der Waals surface area contributed by atoms with E-state index in [0.717, 1.165) is 5.56 Å². The Morgan fingerprint density at radius 3 is 2.36 bits per heavy atom. The van der Waals surface area contributed by atoms with Gasteiger partial charge in [-0.1, -0.05) is 23.8 Å². The van der Waals surface area contributed by atoms with E-state index >= 15 is 0 Å². The van der Waals surface area contributed by atoms with Crippen molar-refractivity contribution in [2.24, 2.45) is 0 Å². The van der Waals surface area contributed by atoms with Crippen LogP contribution >= 0.6 is 11.3 Å². The van der Waals surface area contributed by atoms with Gasteiger partial charge in [-0.2, -0.15) is 0 Å². The van der Waals surface area contributed by atoms with E-state index in [2.05, 4.69) is 14.9 Å². The third-order valence-electron chi connectivity index (χ3n) is 4.51. The van der Waals surface area contributed by atoms with Gasteiger partial charge in [-0.05, 0) is 57.4 Å². The summed E-state index contributed by atoms with van der Waals surface area (Å²) in [6.07, 6.45) is 0.0910. The number of hydrogen-bond donors (Lipinski definition) is 2. The Labute approximate surface area is 172 Å². The van der Waals surface area contributed by atoms with Gasteiger partial charge < -0.3 is 10.2 Å². The molecule has 2 rings (SSSR count). The van der Waals surface area contributed by atoms with Crippen LogP contribution in [0.25, 0.3) is 0 Å². The second kappa shape index (κ2) is 9.65. The standard InChI is InChI=1S/C20H29N3O3S2/c1-14-11-15(2)20(16(3)12-14)28(25,26)22-9-8-19(24)21-13-17(23(4)5)18-7-6-10-27-18/h6-7,10-12,17,22H,8-9,13H2,1-5H3,(H,21,24). The minimum Gasteiger partial charge on any atom is -0.354 e. The molecule has 0 aliphatic carbocycles. The number of rotatable bonds is 9. The number of nitrogens with zero attached hydrogens (tertiary/aromatic N) is 1. The third-order valence-corrected chi connectivity index (χ3v) is 7.24. The van der Waals surface area contributed by atoms with Gasteiger partial charge in [0, 0.05) is 24.4 Å². The van der Waals surface area contributed by atoms with Gasteiger partial charge >= 0.3 is 0 Å². The third kappa shape index (κ3) is 5.88. The molecule has 6 nitrogen and oxygen atoms in total. The van der Waals surface area contributed by atoms with Gasteiger partial charge in [0.1, 0.15) is 0 Å². The molecule has 0 spiro atoms. The Bertz CT molecular complexity index is 884. The highest BCUT2D eigenvalue weighted by Crippen LogP contribution is 2.23. The molecule has 0 radical (unpaired) electrons. The first-order chi connectivity index (χ1) is 13.1. The molecule has 0 saturated carbocycles. The molecule has 1 atom stereocenters. The van der Waals surface area contributed by atoms with Crippen molar-refractivity contribution < 1.29 is 13.2 Å². The van der Waals surface area contributed by atoms with Gasteiger partial charge in [-0.15, -0.1) is 11.3 Å². The van der Waals surface area contributed by atoms with Crippen LogP contribution in [-0.4, -0.2) is 46.4 Å². The number of benzene rings is 1. The summed E-state index contributed by atoms with van der Waals surface area (Å²) in [7, 11) is 0.288. The summed E-state index contributed by atoms with van der Waals surface area (Å²) >= 11 is 1.65. The smallest absolute Gasteiger partial charge is 0.241 e. The molecule has 0 saturated heterocycles. The monoisotopic (exact) mass is 423 g/mol. The number of nitrogens with one attached hydrogen (secondary N) is 2. The Kier molecular flexibility index (Phi) is 7.77. The van der Waals surface area contributed by atoms with E-state index < -0.39 is 10.0 Å². The van der Waals surface area contributed by atoms with Gasteiger partial charge in [0.05, 0.1) is 10.9 Å². The largest absolute Gasteiger partial charge is 0.354 e. The number of likely N-dealkylation sites (N-methyl/N-ethyl adjacent to an activating group) is 1. The highest BCUT2D eigenvalue weighted by molar-refractivity contribution is 7.89. The molecule has 1 unspecified atom stereocenters. The molecule has 0 aliphatic rings. The van der Waals surface area contributed by atoms with Crippen LogP contribution in [0.3, 0.4) is 0 Å². The average molecular weight is 424 g/mol. The van der Waals surface area contributed by atoms with Gasteiger partial charge in [0.15, 0.2) is 0 Å². The molecule has 0 aliphatic heterocycles. The van der Waals surface area contributed by atoms with Crippen molar-refractivity contribution >= 4 is 27.3 Å². The van der Waals surface area contributed by atoms with Crippen LogP contribution < -0.4 is 10.0 Å². The zero-order valence-corrected chi connectivity index (χ0v) is 18.7. The minimum atomic E-state index is -3.65. The van der Waals surface area contributed by atoms with E-state index in [1.54, 1.807) is 25.2 Å². The average Bonchev–Trinajstić information content (AvgIpc) is 3.07. The van der Waals surface area contributed by atoms with Crippen molar-refractivity contribution in [3.8, 4) is 0 Å². The predicted octanol–water partition coefficient (Wildman–Crippen LogP) is 2.76.